The van der Waals surface area contributed by atoms with Gasteiger partial charge < -0.3 is 19.2 Å². The number of ether oxygens (including phenoxy) is 1. The molecule has 130 valence electrons. The highest BCUT2D eigenvalue weighted by Crippen LogP contribution is 2.15. The lowest BCUT2D eigenvalue weighted by Gasteiger charge is -2.22. The first-order valence-electron chi connectivity index (χ1n) is 7.55. The molecule has 24 heavy (non-hydrogen) atoms. The van der Waals surface area contributed by atoms with Crippen LogP contribution >= 0.6 is 0 Å². The number of halogens is 1. The minimum absolute atomic E-state index is 0.00980. The molecule has 0 unspecified atom stereocenters. The summed E-state index contributed by atoms with van der Waals surface area (Å²) >= 11 is 0. The van der Waals surface area contributed by atoms with E-state index in [2.05, 4.69) is 4.98 Å². The van der Waals surface area contributed by atoms with E-state index in [-0.39, 0.29) is 24.1 Å². The molecule has 0 aliphatic heterocycles. The predicted octanol–water partition coefficient (Wildman–Crippen LogP) is 2.63. The van der Waals surface area contributed by atoms with Crippen LogP contribution in [0.4, 0.5) is 4.39 Å². The number of benzene rings is 1. The van der Waals surface area contributed by atoms with Gasteiger partial charge in [-0.3, -0.25) is 4.79 Å². The Bertz CT molecular complexity index is 694. The highest BCUT2D eigenvalue weighted by molar-refractivity contribution is 5.91. The van der Waals surface area contributed by atoms with Crippen LogP contribution in [0.1, 0.15) is 36.6 Å². The van der Waals surface area contributed by atoms with Crippen LogP contribution in [0, 0.1) is 5.82 Å². The van der Waals surface area contributed by atoms with E-state index >= 15 is 0 Å². The lowest BCUT2D eigenvalue weighted by atomic mass is 10.1. The smallest absolute Gasteiger partial charge is 0.275 e. The lowest BCUT2D eigenvalue weighted by Crippen LogP contribution is -2.32. The van der Waals surface area contributed by atoms with Crippen LogP contribution in [0.2, 0.25) is 0 Å². The molecular weight excluding hydrogens is 315 g/mol. The number of amides is 1. The molecule has 0 spiro atoms. The number of oxazole rings is 1. The fourth-order valence-corrected chi connectivity index (χ4v) is 1.92. The van der Waals surface area contributed by atoms with E-state index in [1.54, 1.807) is 27.0 Å². The van der Waals surface area contributed by atoms with Gasteiger partial charge in [-0.2, -0.15) is 0 Å². The van der Waals surface area contributed by atoms with Crippen LogP contribution in [0.5, 0.6) is 5.75 Å². The molecular formula is C17H21FN2O4. The first kappa shape index (κ1) is 17.9. The van der Waals surface area contributed by atoms with Crippen LogP contribution in [-0.2, 0) is 6.61 Å². The molecule has 6 nitrogen and oxygen atoms in total. The Labute approximate surface area is 139 Å². The fourth-order valence-electron chi connectivity index (χ4n) is 1.92. The Balaban J connectivity index is 1.91. The molecule has 2 aromatic rings. The first-order valence-corrected chi connectivity index (χ1v) is 7.55. The quantitative estimate of drug-likeness (QED) is 0.841. The van der Waals surface area contributed by atoms with Gasteiger partial charge in [0.2, 0.25) is 5.89 Å². The molecule has 0 radical (unpaired) electrons. The molecule has 1 N–H and O–H groups in total. The van der Waals surface area contributed by atoms with Gasteiger partial charge in [0.05, 0.1) is 5.60 Å². The predicted molar refractivity (Wildman–Crippen MR) is 85.1 cm³/mol. The van der Waals surface area contributed by atoms with E-state index in [1.165, 1.54) is 29.4 Å². The van der Waals surface area contributed by atoms with E-state index in [9.17, 15) is 14.3 Å². The van der Waals surface area contributed by atoms with Crippen LogP contribution in [0.3, 0.4) is 0 Å². The van der Waals surface area contributed by atoms with E-state index in [0.717, 1.165) is 0 Å². The summed E-state index contributed by atoms with van der Waals surface area (Å²) < 4.78 is 23.6. The summed E-state index contributed by atoms with van der Waals surface area (Å²) in [4.78, 5) is 17.8. The molecule has 1 heterocycles. The van der Waals surface area contributed by atoms with Crippen LogP contribution in [0.25, 0.3) is 0 Å². The molecule has 7 heteroatoms. The first-order chi connectivity index (χ1) is 11.2. The van der Waals surface area contributed by atoms with Crippen molar-refractivity contribution in [1.29, 1.82) is 0 Å². The molecule has 0 bridgehead atoms. The van der Waals surface area contributed by atoms with E-state index in [4.69, 9.17) is 9.15 Å². The maximum absolute atomic E-state index is 13.1. The summed E-state index contributed by atoms with van der Waals surface area (Å²) in [6.07, 6.45) is 1.70. The maximum atomic E-state index is 13.1. The van der Waals surface area contributed by atoms with Gasteiger partial charge in [0, 0.05) is 19.7 Å². The number of rotatable bonds is 7. The van der Waals surface area contributed by atoms with Crippen molar-refractivity contribution in [3.05, 3.63) is 47.9 Å². The summed E-state index contributed by atoms with van der Waals surface area (Å²) in [6.45, 7) is 3.75. The maximum Gasteiger partial charge on any atom is 0.275 e. The van der Waals surface area contributed by atoms with Gasteiger partial charge in [-0.25, -0.2) is 9.37 Å². The zero-order valence-corrected chi connectivity index (χ0v) is 14.0. The van der Waals surface area contributed by atoms with Crippen molar-refractivity contribution in [3.63, 3.8) is 0 Å². The summed E-state index contributed by atoms with van der Waals surface area (Å²) in [5.41, 5.74) is -0.687. The van der Waals surface area contributed by atoms with Crippen molar-refractivity contribution >= 4 is 5.91 Å². The van der Waals surface area contributed by atoms with Crippen LogP contribution < -0.4 is 4.74 Å². The second-order valence-electron chi connectivity index (χ2n) is 6.16. The zero-order chi connectivity index (χ0) is 17.7. The van der Waals surface area contributed by atoms with Gasteiger partial charge in [0.25, 0.3) is 5.91 Å². The Morgan fingerprint density at radius 2 is 2.21 bits per heavy atom. The molecule has 1 amide bonds. The molecule has 0 saturated carbocycles. The summed E-state index contributed by atoms with van der Waals surface area (Å²) in [5, 5.41) is 9.71. The molecule has 0 atom stereocenters. The highest BCUT2D eigenvalue weighted by atomic mass is 19.1. The van der Waals surface area contributed by atoms with Gasteiger partial charge in [0.15, 0.2) is 12.3 Å². The molecule has 1 aromatic carbocycles. The average molecular weight is 336 g/mol. The van der Waals surface area contributed by atoms with Crippen molar-refractivity contribution in [2.24, 2.45) is 0 Å². The van der Waals surface area contributed by atoms with Gasteiger partial charge in [-0.15, -0.1) is 0 Å². The second kappa shape index (κ2) is 7.44. The molecule has 1 aromatic heterocycles. The molecule has 0 aliphatic rings. The number of carbonyl (C=O) groups is 1. The van der Waals surface area contributed by atoms with Crippen molar-refractivity contribution in [3.8, 4) is 5.75 Å². The fraction of sp³-hybridized carbons (Fsp3) is 0.412. The minimum Gasteiger partial charge on any atom is -0.484 e. The Hall–Kier alpha value is -2.41. The van der Waals surface area contributed by atoms with Crippen LogP contribution in [-0.4, -0.2) is 40.1 Å². The molecule has 0 aliphatic carbocycles. The number of hydrogen-bond donors (Lipinski definition) is 1. The Morgan fingerprint density at radius 3 is 2.88 bits per heavy atom. The van der Waals surface area contributed by atoms with Crippen molar-refractivity contribution in [1.82, 2.24) is 9.88 Å². The van der Waals surface area contributed by atoms with Crippen molar-refractivity contribution in [2.75, 3.05) is 13.6 Å². The monoisotopic (exact) mass is 336 g/mol. The topological polar surface area (TPSA) is 75.8 Å². The average Bonchev–Trinajstić information content (AvgIpc) is 2.98. The summed E-state index contributed by atoms with van der Waals surface area (Å²) in [6, 6.07) is 5.72. The molecule has 2 rings (SSSR count). The molecule has 0 fully saturated rings. The van der Waals surface area contributed by atoms with Crippen LogP contribution in [0.15, 0.2) is 34.9 Å². The lowest BCUT2D eigenvalue weighted by molar-refractivity contribution is 0.0542. The third-order valence-corrected chi connectivity index (χ3v) is 3.33. The number of hydrogen-bond acceptors (Lipinski definition) is 5. The third kappa shape index (κ3) is 5.34. The summed E-state index contributed by atoms with van der Waals surface area (Å²) in [5.74, 6) is -0.133. The SMILES string of the molecule is CN(CCC(C)(C)O)C(=O)c1coc(COc2cccc(F)c2)n1. The number of aromatic nitrogens is 1. The number of aliphatic hydroxyl groups is 1. The number of nitrogens with zero attached hydrogens (tertiary/aromatic N) is 2. The normalized spacial score (nSPS) is 11.4. The van der Waals surface area contributed by atoms with E-state index in [1.807, 2.05) is 0 Å². The van der Waals surface area contributed by atoms with Gasteiger partial charge >= 0.3 is 0 Å². The van der Waals surface area contributed by atoms with Gasteiger partial charge in [-0.1, -0.05) is 6.07 Å². The van der Waals surface area contributed by atoms with Crippen molar-refractivity contribution in [2.45, 2.75) is 32.5 Å². The standard InChI is InChI=1S/C17H21FN2O4/c1-17(2,22)7-8-20(3)16(21)14-10-24-15(19-14)11-23-13-6-4-5-12(18)9-13/h4-6,9-10,22H,7-8,11H2,1-3H3. The van der Waals surface area contributed by atoms with Gasteiger partial charge in [0.1, 0.15) is 17.8 Å². The molecule has 0 saturated heterocycles. The van der Waals surface area contributed by atoms with E-state index < -0.39 is 11.4 Å². The van der Waals surface area contributed by atoms with Gasteiger partial charge in [-0.05, 0) is 32.4 Å². The minimum atomic E-state index is -0.845. The largest absolute Gasteiger partial charge is 0.484 e. The zero-order valence-electron chi connectivity index (χ0n) is 14.0. The van der Waals surface area contributed by atoms with E-state index in [0.29, 0.717) is 18.7 Å². The second-order valence-corrected chi connectivity index (χ2v) is 6.16. The highest BCUT2D eigenvalue weighted by Gasteiger charge is 2.20. The summed E-state index contributed by atoms with van der Waals surface area (Å²) in [7, 11) is 1.63. The Morgan fingerprint density at radius 1 is 1.46 bits per heavy atom. The third-order valence-electron chi connectivity index (χ3n) is 3.33. The Kier molecular flexibility index (Phi) is 5.56. The number of carbonyl (C=O) groups excluding carboxylic acids is 1. The van der Waals surface area contributed by atoms with Crippen molar-refractivity contribution < 1.29 is 23.4 Å².